The highest BCUT2D eigenvalue weighted by Crippen LogP contribution is 2.25. The summed E-state index contributed by atoms with van der Waals surface area (Å²) >= 11 is 6.01. The van der Waals surface area contributed by atoms with Crippen molar-refractivity contribution in [2.75, 3.05) is 13.6 Å². The topological polar surface area (TPSA) is 80.5 Å². The molecule has 7 heteroatoms. The number of sulfonamides is 1. The summed E-state index contributed by atoms with van der Waals surface area (Å²) in [5.41, 5.74) is 0.581. The molecule has 0 spiro atoms. The van der Waals surface area contributed by atoms with Crippen LogP contribution in [0.3, 0.4) is 0 Å². The number of hydrogen-bond donors (Lipinski definition) is 1. The average molecular weight is 333 g/mol. The average Bonchev–Trinajstić information content (AvgIpc) is 2.39. The van der Waals surface area contributed by atoms with E-state index in [2.05, 4.69) is 6.92 Å². The summed E-state index contributed by atoms with van der Waals surface area (Å²) in [6.07, 6.45) is 3.00. The molecule has 0 aromatic heterocycles. The minimum Gasteiger partial charge on any atom is -0.342 e. The van der Waals surface area contributed by atoms with Crippen LogP contribution in [0, 0.1) is 6.92 Å². The van der Waals surface area contributed by atoms with E-state index in [9.17, 15) is 13.2 Å². The van der Waals surface area contributed by atoms with Crippen LogP contribution < -0.4 is 5.14 Å². The molecule has 1 aromatic rings. The fourth-order valence-electron chi connectivity index (χ4n) is 1.99. The maximum absolute atomic E-state index is 12.3. The zero-order valence-corrected chi connectivity index (χ0v) is 14.1. The van der Waals surface area contributed by atoms with Gasteiger partial charge in [0.15, 0.2) is 0 Å². The Morgan fingerprint density at radius 1 is 1.33 bits per heavy atom. The van der Waals surface area contributed by atoms with Gasteiger partial charge in [-0.25, -0.2) is 13.6 Å². The van der Waals surface area contributed by atoms with Gasteiger partial charge in [-0.3, -0.25) is 4.79 Å². The van der Waals surface area contributed by atoms with Gasteiger partial charge in [0.25, 0.3) is 5.91 Å². The lowest BCUT2D eigenvalue weighted by atomic mass is 10.1. The van der Waals surface area contributed by atoms with Crippen LogP contribution in [-0.4, -0.2) is 32.8 Å². The Labute approximate surface area is 131 Å². The summed E-state index contributed by atoms with van der Waals surface area (Å²) in [5.74, 6) is -0.266. The normalized spacial score (nSPS) is 11.5. The molecule has 0 aliphatic heterocycles. The standard InChI is InChI=1S/C14H21ClN2O3S/c1-4-5-6-7-17(3)14(18)11-8-12(15)10(2)13(9-11)21(16,19)20/h8-9H,4-7H2,1-3H3,(H2,16,19,20). The molecule has 0 atom stereocenters. The second-order valence-corrected chi connectivity index (χ2v) is 7.00. The Hall–Kier alpha value is -1.11. The fourth-order valence-corrected chi connectivity index (χ4v) is 3.10. The third-order valence-corrected chi connectivity index (χ3v) is 4.72. The number of benzene rings is 1. The fraction of sp³-hybridized carbons (Fsp3) is 0.500. The molecule has 0 fully saturated rings. The van der Waals surface area contributed by atoms with Crippen molar-refractivity contribution in [1.82, 2.24) is 4.90 Å². The minimum atomic E-state index is -3.91. The summed E-state index contributed by atoms with van der Waals surface area (Å²) in [6.45, 7) is 4.25. The van der Waals surface area contributed by atoms with Gasteiger partial charge in [0, 0.05) is 24.2 Å². The summed E-state index contributed by atoms with van der Waals surface area (Å²) < 4.78 is 23.1. The number of rotatable bonds is 6. The van der Waals surface area contributed by atoms with Gasteiger partial charge in [0.1, 0.15) is 0 Å². The molecule has 0 heterocycles. The number of amides is 1. The Morgan fingerprint density at radius 2 is 1.95 bits per heavy atom. The van der Waals surface area contributed by atoms with Gasteiger partial charge in [-0.15, -0.1) is 0 Å². The number of nitrogens with zero attached hydrogens (tertiary/aromatic N) is 1. The van der Waals surface area contributed by atoms with Crippen molar-refractivity contribution in [3.8, 4) is 0 Å². The highest BCUT2D eigenvalue weighted by atomic mass is 35.5. The number of primary sulfonamides is 1. The Kier molecular flexibility index (Phi) is 6.19. The van der Waals surface area contributed by atoms with E-state index in [-0.39, 0.29) is 21.4 Å². The maximum Gasteiger partial charge on any atom is 0.253 e. The number of unbranched alkanes of at least 4 members (excludes halogenated alkanes) is 2. The van der Waals surface area contributed by atoms with Crippen LogP contribution in [0.2, 0.25) is 5.02 Å². The van der Waals surface area contributed by atoms with Crippen molar-refractivity contribution < 1.29 is 13.2 Å². The van der Waals surface area contributed by atoms with E-state index in [1.165, 1.54) is 12.1 Å². The SMILES string of the molecule is CCCCCN(C)C(=O)c1cc(Cl)c(C)c(S(N)(=O)=O)c1. The van der Waals surface area contributed by atoms with Gasteiger partial charge in [0.2, 0.25) is 10.0 Å². The van der Waals surface area contributed by atoms with Crippen LogP contribution in [0.5, 0.6) is 0 Å². The molecule has 0 radical (unpaired) electrons. The number of nitrogens with two attached hydrogens (primary N) is 1. The van der Waals surface area contributed by atoms with Gasteiger partial charge in [-0.1, -0.05) is 31.4 Å². The molecule has 1 amide bonds. The summed E-state index contributed by atoms with van der Waals surface area (Å²) in [5, 5.41) is 5.37. The van der Waals surface area contributed by atoms with E-state index in [1.54, 1.807) is 18.9 Å². The number of carbonyl (C=O) groups excluding carboxylic acids is 1. The lowest BCUT2D eigenvalue weighted by Crippen LogP contribution is -2.28. The molecule has 1 aromatic carbocycles. The quantitative estimate of drug-likeness (QED) is 0.813. The van der Waals surface area contributed by atoms with E-state index in [0.717, 1.165) is 19.3 Å². The highest BCUT2D eigenvalue weighted by Gasteiger charge is 2.19. The Balaban J connectivity index is 3.09. The summed E-state index contributed by atoms with van der Waals surface area (Å²) in [4.78, 5) is 13.8. The lowest BCUT2D eigenvalue weighted by Gasteiger charge is -2.18. The van der Waals surface area contributed by atoms with Crippen LogP contribution in [0.15, 0.2) is 17.0 Å². The number of hydrogen-bond acceptors (Lipinski definition) is 3. The minimum absolute atomic E-state index is 0.111. The van der Waals surface area contributed by atoms with Crippen molar-refractivity contribution in [2.45, 2.75) is 38.0 Å². The molecule has 0 aliphatic rings. The van der Waals surface area contributed by atoms with Crippen LogP contribution >= 0.6 is 11.6 Å². The zero-order chi connectivity index (χ0) is 16.2. The monoisotopic (exact) mass is 332 g/mol. The van der Waals surface area contributed by atoms with E-state index in [0.29, 0.717) is 12.1 Å². The maximum atomic E-state index is 12.3. The first-order valence-electron chi connectivity index (χ1n) is 6.77. The molecule has 0 saturated carbocycles. The van der Waals surface area contributed by atoms with E-state index in [1.807, 2.05) is 0 Å². The zero-order valence-electron chi connectivity index (χ0n) is 12.5. The van der Waals surface area contributed by atoms with Crippen molar-refractivity contribution in [3.05, 3.63) is 28.3 Å². The van der Waals surface area contributed by atoms with Crippen molar-refractivity contribution in [3.63, 3.8) is 0 Å². The van der Waals surface area contributed by atoms with E-state index >= 15 is 0 Å². The molecule has 2 N–H and O–H groups in total. The van der Waals surface area contributed by atoms with E-state index < -0.39 is 10.0 Å². The largest absolute Gasteiger partial charge is 0.342 e. The van der Waals surface area contributed by atoms with Crippen LogP contribution in [0.25, 0.3) is 0 Å². The third kappa shape index (κ3) is 4.69. The first kappa shape index (κ1) is 17.9. The van der Waals surface area contributed by atoms with Crippen LogP contribution in [0.4, 0.5) is 0 Å². The molecule has 1 rings (SSSR count). The summed E-state index contributed by atoms with van der Waals surface area (Å²) in [7, 11) is -2.23. The predicted octanol–water partition coefficient (Wildman–Crippen LogP) is 2.56. The van der Waals surface area contributed by atoms with Gasteiger partial charge in [0.05, 0.1) is 4.90 Å². The molecular formula is C14H21ClN2O3S. The third-order valence-electron chi connectivity index (χ3n) is 3.29. The molecule has 21 heavy (non-hydrogen) atoms. The van der Waals surface area contributed by atoms with Gasteiger partial charge in [-0.05, 0) is 31.0 Å². The molecular weight excluding hydrogens is 312 g/mol. The Morgan fingerprint density at radius 3 is 2.48 bits per heavy atom. The first-order chi connectivity index (χ1) is 9.68. The number of halogens is 1. The molecule has 118 valence electrons. The second kappa shape index (κ2) is 7.24. The lowest BCUT2D eigenvalue weighted by molar-refractivity contribution is 0.0792. The van der Waals surface area contributed by atoms with Crippen LogP contribution in [0.1, 0.15) is 42.1 Å². The molecule has 0 unspecified atom stereocenters. The number of carbonyl (C=O) groups is 1. The van der Waals surface area contributed by atoms with Gasteiger partial charge >= 0.3 is 0 Å². The molecule has 0 saturated heterocycles. The molecule has 0 aliphatic carbocycles. The first-order valence-corrected chi connectivity index (χ1v) is 8.69. The predicted molar refractivity (Wildman–Crippen MR) is 84.0 cm³/mol. The summed E-state index contributed by atoms with van der Waals surface area (Å²) in [6, 6.07) is 2.76. The Bertz CT molecular complexity index is 629. The van der Waals surface area contributed by atoms with Crippen molar-refractivity contribution >= 4 is 27.5 Å². The van der Waals surface area contributed by atoms with Gasteiger partial charge < -0.3 is 4.90 Å². The van der Waals surface area contributed by atoms with Crippen molar-refractivity contribution in [2.24, 2.45) is 5.14 Å². The highest BCUT2D eigenvalue weighted by molar-refractivity contribution is 7.89. The van der Waals surface area contributed by atoms with E-state index in [4.69, 9.17) is 16.7 Å². The van der Waals surface area contributed by atoms with Crippen molar-refractivity contribution in [1.29, 1.82) is 0 Å². The second-order valence-electron chi connectivity index (χ2n) is 5.06. The molecule has 5 nitrogen and oxygen atoms in total. The smallest absolute Gasteiger partial charge is 0.253 e. The van der Waals surface area contributed by atoms with Crippen LogP contribution in [-0.2, 0) is 10.0 Å². The molecule has 0 bridgehead atoms. The van der Waals surface area contributed by atoms with Gasteiger partial charge in [-0.2, -0.15) is 0 Å².